The number of aromatic nitrogens is 1. The maximum Gasteiger partial charge on any atom is 0.0183 e. The minimum Gasteiger partial charge on any atom is -0.295 e. The Hall–Kier alpha value is -2.80. The number of pyridine rings is 1. The normalized spacial score (nSPS) is 11.6. The predicted octanol–water partition coefficient (Wildman–Crippen LogP) is 6.01. The standard InChI is InChI=1S/C25H16N.Ir/c1-2-10-19-18(9-1)17-24(25-15-7-8-16-26-25)23-14-6-5-13-22(23)21-12-4-3-11-20(19)21;/h1-16H;/q-1;. The molecule has 27 heavy (non-hydrogen) atoms. The fourth-order valence-corrected chi connectivity index (χ4v) is 3.63. The average molecular weight is 523 g/mol. The van der Waals surface area contributed by atoms with Crippen molar-refractivity contribution in [3.63, 3.8) is 0 Å². The van der Waals surface area contributed by atoms with Crippen molar-refractivity contribution < 1.29 is 20.1 Å². The van der Waals surface area contributed by atoms with Crippen LogP contribution in [0.3, 0.4) is 0 Å². The molecule has 0 N–H and O–H groups in total. The van der Waals surface area contributed by atoms with Gasteiger partial charge in [-0.25, -0.2) is 0 Å². The second-order valence-corrected chi connectivity index (χ2v) is 6.35. The predicted molar refractivity (Wildman–Crippen MR) is 106 cm³/mol. The van der Waals surface area contributed by atoms with Crippen molar-refractivity contribution in [1.82, 2.24) is 4.98 Å². The van der Waals surface area contributed by atoms with Crippen LogP contribution >= 0.6 is 0 Å². The maximum absolute atomic E-state index is 4.60. The summed E-state index contributed by atoms with van der Waals surface area (Å²) < 4.78 is 0. The summed E-state index contributed by atoms with van der Waals surface area (Å²) in [5, 5.41) is 0. The number of fused-ring (bicyclic) bond motifs is 5. The van der Waals surface area contributed by atoms with Crippen molar-refractivity contribution in [3.05, 3.63) is 120 Å². The van der Waals surface area contributed by atoms with Crippen LogP contribution in [0.5, 0.6) is 0 Å². The molecule has 0 unspecified atom stereocenters. The largest absolute Gasteiger partial charge is 0.295 e. The van der Waals surface area contributed by atoms with Gasteiger partial charge in [0.1, 0.15) is 0 Å². The second-order valence-electron chi connectivity index (χ2n) is 6.35. The van der Waals surface area contributed by atoms with E-state index in [2.05, 4.69) is 89.9 Å². The summed E-state index contributed by atoms with van der Waals surface area (Å²) >= 11 is 0. The van der Waals surface area contributed by atoms with Gasteiger partial charge in [0.15, 0.2) is 0 Å². The molecule has 2 heteroatoms. The number of hydrogen-bond acceptors (Lipinski definition) is 1. The van der Waals surface area contributed by atoms with Crippen LogP contribution in [-0.2, 0) is 20.1 Å². The van der Waals surface area contributed by atoms with E-state index < -0.39 is 0 Å². The number of hydrogen-bond donors (Lipinski definition) is 0. The Morgan fingerprint density at radius 3 is 1.70 bits per heavy atom. The smallest absolute Gasteiger partial charge is 0.0183 e. The van der Waals surface area contributed by atoms with E-state index in [1.807, 2.05) is 18.3 Å². The van der Waals surface area contributed by atoms with Crippen molar-refractivity contribution in [2.24, 2.45) is 0 Å². The second kappa shape index (κ2) is 7.44. The summed E-state index contributed by atoms with van der Waals surface area (Å²) in [5.41, 5.74) is 9.12. The number of nitrogens with zero attached hydrogens (tertiary/aromatic N) is 1. The van der Waals surface area contributed by atoms with Crippen molar-refractivity contribution in [2.45, 2.75) is 0 Å². The first-order valence-corrected chi connectivity index (χ1v) is 8.75. The van der Waals surface area contributed by atoms with Gasteiger partial charge in [-0.1, -0.05) is 95.6 Å². The summed E-state index contributed by atoms with van der Waals surface area (Å²) in [6.07, 6.45) is 5.51. The van der Waals surface area contributed by atoms with Gasteiger partial charge in [0.2, 0.25) is 0 Å². The Morgan fingerprint density at radius 1 is 0.519 bits per heavy atom. The van der Waals surface area contributed by atoms with E-state index in [-0.39, 0.29) is 20.1 Å². The van der Waals surface area contributed by atoms with Crippen molar-refractivity contribution in [2.75, 3.05) is 0 Å². The molecule has 4 aromatic rings. The van der Waals surface area contributed by atoms with Crippen LogP contribution in [-0.4, -0.2) is 4.98 Å². The van der Waals surface area contributed by atoms with Crippen LogP contribution in [0.25, 0.3) is 27.8 Å². The van der Waals surface area contributed by atoms with Crippen molar-refractivity contribution >= 4 is 5.57 Å². The monoisotopic (exact) mass is 523 g/mol. The molecule has 1 heterocycles. The molecule has 1 aliphatic rings. The Bertz CT molecular complexity index is 1130. The molecule has 5 rings (SSSR count). The Labute approximate surface area is 172 Å². The van der Waals surface area contributed by atoms with Gasteiger partial charge < -0.3 is 0 Å². The van der Waals surface area contributed by atoms with Crippen LogP contribution in [0, 0.1) is 6.08 Å². The first-order chi connectivity index (χ1) is 12.9. The molecule has 3 aromatic carbocycles. The summed E-state index contributed by atoms with van der Waals surface area (Å²) in [4.78, 5) is 4.60. The fraction of sp³-hybridized carbons (Fsp3) is 0. The zero-order valence-electron chi connectivity index (χ0n) is 14.5. The summed E-state index contributed by atoms with van der Waals surface area (Å²) in [7, 11) is 0. The molecular formula is C25H16IrN-. The minimum absolute atomic E-state index is 0. The van der Waals surface area contributed by atoms with E-state index >= 15 is 0 Å². The fourth-order valence-electron chi connectivity index (χ4n) is 3.63. The molecule has 0 bridgehead atoms. The summed E-state index contributed by atoms with van der Waals surface area (Å²) in [6.45, 7) is 0. The molecule has 1 aromatic heterocycles. The van der Waals surface area contributed by atoms with Gasteiger partial charge in [-0.05, 0) is 22.8 Å². The van der Waals surface area contributed by atoms with E-state index in [1.54, 1.807) is 0 Å². The molecule has 0 amide bonds. The molecule has 0 atom stereocenters. The van der Waals surface area contributed by atoms with Gasteiger partial charge in [0, 0.05) is 32.0 Å². The van der Waals surface area contributed by atoms with Gasteiger partial charge in [0.05, 0.1) is 0 Å². The van der Waals surface area contributed by atoms with Crippen LogP contribution in [0.1, 0.15) is 16.8 Å². The van der Waals surface area contributed by atoms with Gasteiger partial charge in [-0.3, -0.25) is 4.98 Å². The molecule has 1 radical (unpaired) electrons. The molecule has 0 fully saturated rings. The van der Waals surface area contributed by atoms with Crippen LogP contribution in [0.15, 0.2) is 97.2 Å². The third kappa shape index (κ3) is 3.08. The molecule has 0 saturated heterocycles. The summed E-state index contributed by atoms with van der Waals surface area (Å²) in [5.74, 6) is 0. The maximum atomic E-state index is 4.60. The van der Waals surface area contributed by atoms with Crippen LogP contribution in [0.2, 0.25) is 0 Å². The van der Waals surface area contributed by atoms with Crippen molar-refractivity contribution in [3.8, 4) is 22.3 Å². The van der Waals surface area contributed by atoms with Gasteiger partial charge in [0.25, 0.3) is 0 Å². The van der Waals surface area contributed by atoms with E-state index in [9.17, 15) is 0 Å². The van der Waals surface area contributed by atoms with Crippen LogP contribution < -0.4 is 0 Å². The Morgan fingerprint density at radius 2 is 1.04 bits per heavy atom. The quantitative estimate of drug-likeness (QED) is 0.246. The molecular weight excluding hydrogens is 506 g/mol. The van der Waals surface area contributed by atoms with Gasteiger partial charge >= 0.3 is 0 Å². The number of benzene rings is 3. The molecule has 0 spiro atoms. The zero-order valence-corrected chi connectivity index (χ0v) is 16.9. The first kappa shape index (κ1) is 17.6. The molecule has 131 valence electrons. The topological polar surface area (TPSA) is 12.9 Å². The molecule has 1 aliphatic carbocycles. The Balaban J connectivity index is 0.00000180. The molecule has 1 nitrogen and oxygen atoms in total. The van der Waals surface area contributed by atoms with E-state index in [4.69, 9.17) is 0 Å². The minimum atomic E-state index is 0. The van der Waals surface area contributed by atoms with E-state index in [1.165, 1.54) is 22.3 Å². The third-order valence-corrected chi connectivity index (χ3v) is 4.81. The molecule has 0 saturated carbocycles. The first-order valence-electron chi connectivity index (χ1n) is 8.75. The van der Waals surface area contributed by atoms with Crippen molar-refractivity contribution in [1.29, 1.82) is 0 Å². The summed E-state index contributed by atoms with van der Waals surface area (Å²) in [6, 6.07) is 31.6. The third-order valence-electron chi connectivity index (χ3n) is 4.81. The SMILES string of the molecule is [C-]1=C(c2ccccn2)c2ccccc2-c2ccccc2-c2ccccc21.[Ir]. The van der Waals surface area contributed by atoms with Gasteiger partial charge in [-0.15, -0.1) is 17.7 Å². The van der Waals surface area contributed by atoms with Crippen LogP contribution in [0.4, 0.5) is 0 Å². The molecule has 0 aliphatic heterocycles. The Kier molecular flexibility index (Phi) is 4.85. The number of rotatable bonds is 1. The average Bonchev–Trinajstić information content (AvgIpc) is 2.72. The zero-order chi connectivity index (χ0) is 17.3. The van der Waals surface area contributed by atoms with E-state index in [0.717, 1.165) is 22.4 Å². The van der Waals surface area contributed by atoms with Gasteiger partial charge in [-0.2, -0.15) is 0 Å². The van der Waals surface area contributed by atoms with E-state index in [0.29, 0.717) is 0 Å².